The monoisotopic (exact) mass is 454 g/mol. The fourth-order valence-corrected chi connectivity index (χ4v) is 5.22. The number of benzene rings is 3. The lowest BCUT2D eigenvalue weighted by Crippen LogP contribution is -2.39. The minimum atomic E-state index is -0.503. The second-order valence-electron chi connectivity index (χ2n) is 9.63. The molecule has 0 amide bonds. The zero-order chi connectivity index (χ0) is 23.6. The summed E-state index contributed by atoms with van der Waals surface area (Å²) < 4.78 is 13.6. The summed E-state index contributed by atoms with van der Waals surface area (Å²) in [5.74, 6) is 0.141. The van der Waals surface area contributed by atoms with E-state index >= 15 is 0 Å². The number of hydrogen-bond acceptors (Lipinski definition) is 2. The van der Waals surface area contributed by atoms with E-state index in [2.05, 4.69) is 71.6 Å². The zero-order valence-corrected chi connectivity index (χ0v) is 20.0. The van der Waals surface area contributed by atoms with Gasteiger partial charge in [-0.25, -0.2) is 4.39 Å². The Morgan fingerprint density at radius 2 is 1.35 bits per heavy atom. The lowest BCUT2D eigenvalue weighted by atomic mass is 9.61. The molecule has 0 N–H and O–H groups in total. The van der Waals surface area contributed by atoms with Gasteiger partial charge in [-0.3, -0.25) is 0 Å². The fourth-order valence-electron chi connectivity index (χ4n) is 5.22. The molecule has 0 spiro atoms. The highest BCUT2D eigenvalue weighted by molar-refractivity contribution is 5.35. The lowest BCUT2D eigenvalue weighted by molar-refractivity contribution is 0.184. The van der Waals surface area contributed by atoms with Crippen LogP contribution in [0, 0.1) is 23.1 Å². The highest BCUT2D eigenvalue weighted by Crippen LogP contribution is 2.46. The van der Waals surface area contributed by atoms with Gasteiger partial charge in [0.15, 0.2) is 0 Å². The summed E-state index contributed by atoms with van der Waals surface area (Å²) in [4.78, 5) is 2.55. The van der Waals surface area contributed by atoms with Crippen molar-refractivity contribution in [2.45, 2.75) is 50.4 Å². The van der Waals surface area contributed by atoms with Crippen LogP contribution in [0.1, 0.15) is 48.8 Å². The molecule has 0 aliphatic heterocycles. The highest BCUT2D eigenvalue weighted by atomic mass is 19.1. The van der Waals surface area contributed by atoms with Crippen LogP contribution in [0.2, 0.25) is 0 Å². The normalized spacial score (nSPS) is 15.4. The quantitative estimate of drug-likeness (QED) is 0.296. The Morgan fingerprint density at radius 3 is 1.82 bits per heavy atom. The van der Waals surface area contributed by atoms with Crippen LogP contribution in [-0.2, 0) is 18.3 Å². The van der Waals surface area contributed by atoms with Gasteiger partial charge in [-0.2, -0.15) is 5.26 Å². The van der Waals surface area contributed by atoms with Gasteiger partial charge in [0, 0.05) is 13.1 Å². The molecule has 3 heteroatoms. The van der Waals surface area contributed by atoms with E-state index in [1.165, 1.54) is 29.7 Å². The largest absolute Gasteiger partial charge is 0.303 e. The van der Waals surface area contributed by atoms with Gasteiger partial charge in [-0.15, -0.1) is 0 Å². The second kappa shape index (κ2) is 12.0. The fraction of sp³-hybridized carbons (Fsp3) is 0.387. The summed E-state index contributed by atoms with van der Waals surface area (Å²) in [6.45, 7) is 2.99. The van der Waals surface area contributed by atoms with Crippen molar-refractivity contribution in [3.63, 3.8) is 0 Å². The molecule has 0 bridgehead atoms. The van der Waals surface area contributed by atoms with Crippen LogP contribution in [0.5, 0.6) is 0 Å². The van der Waals surface area contributed by atoms with Crippen molar-refractivity contribution >= 4 is 0 Å². The van der Waals surface area contributed by atoms with Crippen molar-refractivity contribution in [1.82, 2.24) is 4.90 Å². The first-order valence-electron chi connectivity index (χ1n) is 12.7. The van der Waals surface area contributed by atoms with Gasteiger partial charge in [0.2, 0.25) is 0 Å². The molecule has 1 fully saturated rings. The Hall–Kier alpha value is -2.96. The van der Waals surface area contributed by atoms with E-state index < -0.39 is 5.41 Å². The molecule has 1 atom stereocenters. The van der Waals surface area contributed by atoms with E-state index in [9.17, 15) is 9.65 Å². The molecule has 1 unspecified atom stereocenters. The molecule has 1 aliphatic rings. The molecule has 0 saturated heterocycles. The molecule has 1 saturated carbocycles. The Kier molecular flexibility index (Phi) is 8.50. The first kappa shape index (κ1) is 24.2. The molecular weight excluding hydrogens is 419 g/mol. The van der Waals surface area contributed by atoms with Crippen molar-refractivity contribution in [3.8, 4) is 6.07 Å². The van der Waals surface area contributed by atoms with Gasteiger partial charge in [0.25, 0.3) is 0 Å². The first-order chi connectivity index (χ1) is 16.7. The van der Waals surface area contributed by atoms with Gasteiger partial charge in [0.05, 0.1) is 11.5 Å². The Morgan fingerprint density at radius 1 is 0.794 bits per heavy atom. The molecule has 34 heavy (non-hydrogen) atoms. The summed E-state index contributed by atoms with van der Waals surface area (Å²) in [7, 11) is 0. The van der Waals surface area contributed by atoms with Crippen molar-refractivity contribution in [2.24, 2.45) is 5.92 Å². The molecular formula is C31H35FN2. The van der Waals surface area contributed by atoms with Crippen LogP contribution < -0.4 is 0 Å². The second-order valence-corrected chi connectivity index (χ2v) is 9.63. The van der Waals surface area contributed by atoms with Crippen LogP contribution in [-0.4, -0.2) is 24.5 Å². The minimum absolute atomic E-state index is 0.239. The molecule has 3 aromatic rings. The number of nitriles is 1. The Labute approximate surface area is 204 Å². The van der Waals surface area contributed by atoms with E-state index in [-0.39, 0.29) is 5.82 Å². The van der Waals surface area contributed by atoms with Crippen LogP contribution in [0.3, 0.4) is 0 Å². The van der Waals surface area contributed by atoms with E-state index in [1.54, 1.807) is 0 Å². The smallest absolute Gasteiger partial charge is 0.123 e. The number of rotatable bonds is 12. The van der Waals surface area contributed by atoms with Crippen LogP contribution >= 0.6 is 0 Å². The minimum Gasteiger partial charge on any atom is -0.303 e. The van der Waals surface area contributed by atoms with Crippen molar-refractivity contribution in [1.29, 1.82) is 5.26 Å². The molecule has 3 aromatic carbocycles. The van der Waals surface area contributed by atoms with Gasteiger partial charge >= 0.3 is 0 Å². The maximum Gasteiger partial charge on any atom is 0.123 e. The topological polar surface area (TPSA) is 27.0 Å². The maximum absolute atomic E-state index is 13.6. The third-order valence-electron chi connectivity index (χ3n) is 7.53. The summed E-state index contributed by atoms with van der Waals surface area (Å²) in [6.07, 6.45) is 7.22. The molecule has 0 heterocycles. The standard InChI is InChI=1S/C31H35FN2/c32-30-17-15-29(16-18-30)31(25-33,28-13-7-14-28)21-8-22-34(23-19-26-9-3-1-4-10-26)24-20-27-11-5-2-6-12-27/h1-6,9-12,15-18,28H,7-8,13-14,19-24H2. The predicted molar refractivity (Wildman–Crippen MR) is 137 cm³/mol. The summed E-state index contributed by atoms with van der Waals surface area (Å²) >= 11 is 0. The first-order valence-corrected chi connectivity index (χ1v) is 12.7. The third kappa shape index (κ3) is 6.13. The van der Waals surface area contributed by atoms with Crippen LogP contribution in [0.15, 0.2) is 84.9 Å². The van der Waals surface area contributed by atoms with E-state index in [1.807, 2.05) is 12.1 Å². The van der Waals surface area contributed by atoms with Gasteiger partial charge in [-0.05, 0) is 79.8 Å². The molecule has 1 aliphatic carbocycles. The molecule has 0 radical (unpaired) electrons. The lowest BCUT2D eigenvalue weighted by Gasteiger charge is -2.41. The number of nitrogens with zero attached hydrogens (tertiary/aromatic N) is 2. The molecule has 0 aromatic heterocycles. The van der Waals surface area contributed by atoms with Gasteiger partial charge < -0.3 is 4.90 Å². The van der Waals surface area contributed by atoms with E-state index in [0.717, 1.165) is 63.7 Å². The maximum atomic E-state index is 13.6. The van der Waals surface area contributed by atoms with E-state index in [4.69, 9.17) is 0 Å². The summed E-state index contributed by atoms with van der Waals surface area (Å²) in [5.41, 5.74) is 3.20. The highest BCUT2D eigenvalue weighted by Gasteiger charge is 2.43. The summed E-state index contributed by atoms with van der Waals surface area (Å²) in [6, 6.07) is 30.7. The molecule has 2 nitrogen and oxygen atoms in total. The SMILES string of the molecule is N#CC(CCCN(CCc1ccccc1)CCc1ccccc1)(c1ccc(F)cc1)C1CCC1. The Balaban J connectivity index is 1.42. The van der Waals surface area contributed by atoms with Crippen molar-refractivity contribution in [3.05, 3.63) is 107 Å². The van der Waals surface area contributed by atoms with Crippen LogP contribution in [0.4, 0.5) is 4.39 Å². The van der Waals surface area contributed by atoms with Gasteiger partial charge in [-0.1, -0.05) is 79.2 Å². The van der Waals surface area contributed by atoms with Gasteiger partial charge in [0.1, 0.15) is 5.82 Å². The molecule has 176 valence electrons. The van der Waals surface area contributed by atoms with E-state index in [0.29, 0.717) is 5.92 Å². The Bertz CT molecular complexity index is 995. The predicted octanol–water partition coefficient (Wildman–Crippen LogP) is 6.95. The average Bonchev–Trinajstić information content (AvgIpc) is 2.85. The summed E-state index contributed by atoms with van der Waals surface area (Å²) in [5, 5.41) is 10.3. The third-order valence-corrected chi connectivity index (χ3v) is 7.53. The van der Waals surface area contributed by atoms with Crippen molar-refractivity contribution in [2.75, 3.05) is 19.6 Å². The average molecular weight is 455 g/mol. The number of halogens is 1. The van der Waals surface area contributed by atoms with Crippen LogP contribution in [0.25, 0.3) is 0 Å². The van der Waals surface area contributed by atoms with Crippen molar-refractivity contribution < 1.29 is 4.39 Å². The zero-order valence-electron chi connectivity index (χ0n) is 20.0. The molecule has 4 rings (SSSR count). The number of hydrogen-bond donors (Lipinski definition) is 0.